The predicted molar refractivity (Wildman–Crippen MR) is 80.1 cm³/mol. The van der Waals surface area contributed by atoms with Crippen molar-refractivity contribution in [2.24, 2.45) is 0 Å². The predicted octanol–water partition coefficient (Wildman–Crippen LogP) is 2.25. The molecule has 0 fully saturated rings. The van der Waals surface area contributed by atoms with Crippen LogP contribution < -0.4 is 10.6 Å². The normalized spacial score (nSPS) is 12.2. The first kappa shape index (κ1) is 16.1. The van der Waals surface area contributed by atoms with Gasteiger partial charge < -0.3 is 15.4 Å². The number of rotatable bonds is 8. The maximum Gasteiger partial charge on any atom is 0.221 e. The molecule has 19 heavy (non-hydrogen) atoms. The van der Waals surface area contributed by atoms with Crippen LogP contribution in [-0.2, 0) is 9.53 Å². The highest BCUT2D eigenvalue weighted by Crippen LogP contribution is 2.16. The van der Waals surface area contributed by atoms with E-state index in [1.54, 1.807) is 7.11 Å². The van der Waals surface area contributed by atoms with Crippen LogP contribution in [0.3, 0.4) is 0 Å². The molecule has 0 saturated carbocycles. The van der Waals surface area contributed by atoms with Crippen LogP contribution in [0.5, 0.6) is 0 Å². The number of halogens is 1. The van der Waals surface area contributed by atoms with E-state index in [0.717, 1.165) is 4.47 Å². The molecule has 1 amide bonds. The van der Waals surface area contributed by atoms with E-state index in [1.807, 2.05) is 12.1 Å². The van der Waals surface area contributed by atoms with Crippen molar-refractivity contribution in [2.75, 3.05) is 26.8 Å². The second-order valence-corrected chi connectivity index (χ2v) is 5.24. The molecule has 1 unspecified atom stereocenters. The zero-order valence-corrected chi connectivity index (χ0v) is 13.0. The lowest BCUT2D eigenvalue weighted by molar-refractivity contribution is -0.121. The van der Waals surface area contributed by atoms with Crippen LogP contribution >= 0.6 is 15.9 Å². The number of benzene rings is 1. The van der Waals surface area contributed by atoms with Crippen molar-refractivity contribution in [1.82, 2.24) is 10.6 Å². The Balaban J connectivity index is 2.21. The highest BCUT2D eigenvalue weighted by Gasteiger charge is 2.06. The number of ether oxygens (including phenoxy) is 1. The molecule has 5 heteroatoms. The van der Waals surface area contributed by atoms with Crippen LogP contribution in [0.4, 0.5) is 0 Å². The Labute approximate surface area is 123 Å². The fourth-order valence-electron chi connectivity index (χ4n) is 1.65. The Morgan fingerprint density at radius 1 is 1.32 bits per heavy atom. The van der Waals surface area contributed by atoms with Crippen LogP contribution in [0.25, 0.3) is 0 Å². The number of carbonyl (C=O) groups excluding carboxylic acids is 1. The van der Waals surface area contributed by atoms with Gasteiger partial charge in [-0.2, -0.15) is 0 Å². The number of amides is 1. The maximum atomic E-state index is 11.5. The van der Waals surface area contributed by atoms with Gasteiger partial charge in [0.1, 0.15) is 0 Å². The first-order chi connectivity index (χ1) is 9.13. The Morgan fingerprint density at radius 2 is 2.00 bits per heavy atom. The molecule has 1 atom stereocenters. The fraction of sp³-hybridized carbons (Fsp3) is 0.500. The quantitative estimate of drug-likeness (QED) is 0.719. The largest absolute Gasteiger partial charge is 0.383 e. The van der Waals surface area contributed by atoms with Crippen molar-refractivity contribution in [1.29, 1.82) is 0 Å². The van der Waals surface area contributed by atoms with Crippen molar-refractivity contribution in [3.63, 3.8) is 0 Å². The van der Waals surface area contributed by atoms with Crippen molar-refractivity contribution in [2.45, 2.75) is 19.4 Å². The topological polar surface area (TPSA) is 50.4 Å². The lowest BCUT2D eigenvalue weighted by Crippen LogP contribution is -2.30. The summed E-state index contributed by atoms with van der Waals surface area (Å²) >= 11 is 3.41. The van der Waals surface area contributed by atoms with Gasteiger partial charge in [0.15, 0.2) is 0 Å². The molecule has 0 saturated heterocycles. The van der Waals surface area contributed by atoms with E-state index in [9.17, 15) is 4.79 Å². The molecule has 1 aromatic carbocycles. The van der Waals surface area contributed by atoms with E-state index < -0.39 is 0 Å². The van der Waals surface area contributed by atoms with Crippen LogP contribution in [0, 0.1) is 0 Å². The van der Waals surface area contributed by atoms with E-state index in [4.69, 9.17) is 4.74 Å². The van der Waals surface area contributed by atoms with Crippen molar-refractivity contribution in [3.8, 4) is 0 Å². The van der Waals surface area contributed by atoms with Crippen molar-refractivity contribution < 1.29 is 9.53 Å². The second-order valence-electron chi connectivity index (χ2n) is 4.32. The minimum atomic E-state index is 0.0487. The molecule has 4 nitrogen and oxygen atoms in total. The van der Waals surface area contributed by atoms with Crippen LogP contribution in [-0.4, -0.2) is 32.7 Å². The molecular weight excluding hydrogens is 308 g/mol. The summed E-state index contributed by atoms with van der Waals surface area (Å²) in [7, 11) is 1.62. The van der Waals surface area contributed by atoms with Crippen molar-refractivity contribution in [3.05, 3.63) is 34.3 Å². The van der Waals surface area contributed by atoms with Gasteiger partial charge in [-0.25, -0.2) is 0 Å². The van der Waals surface area contributed by atoms with Gasteiger partial charge in [0, 0.05) is 37.1 Å². The summed E-state index contributed by atoms with van der Waals surface area (Å²) in [6, 6.07) is 8.41. The number of carbonyl (C=O) groups is 1. The van der Waals surface area contributed by atoms with Gasteiger partial charge in [-0.3, -0.25) is 4.79 Å². The Kier molecular flexibility index (Phi) is 7.70. The summed E-state index contributed by atoms with van der Waals surface area (Å²) in [6.07, 6.45) is 0.477. The Morgan fingerprint density at radius 3 is 2.63 bits per heavy atom. The number of hydrogen-bond acceptors (Lipinski definition) is 3. The molecule has 0 bridgehead atoms. The molecule has 1 rings (SSSR count). The molecule has 0 aliphatic rings. The van der Waals surface area contributed by atoms with Gasteiger partial charge >= 0.3 is 0 Å². The third kappa shape index (κ3) is 6.71. The minimum Gasteiger partial charge on any atom is -0.383 e. The second kappa shape index (κ2) is 9.07. The number of hydrogen-bond donors (Lipinski definition) is 2. The standard InChI is InChI=1S/C14H21BrN2O2/c1-11(12-3-5-13(15)6-4-12)16-8-7-14(18)17-9-10-19-2/h3-6,11,16H,7-10H2,1-2H3,(H,17,18). The minimum absolute atomic E-state index is 0.0487. The van der Waals surface area contributed by atoms with Gasteiger partial charge in [0.25, 0.3) is 0 Å². The van der Waals surface area contributed by atoms with Gasteiger partial charge in [0.2, 0.25) is 5.91 Å². The van der Waals surface area contributed by atoms with E-state index >= 15 is 0 Å². The van der Waals surface area contributed by atoms with Gasteiger partial charge in [-0.05, 0) is 24.6 Å². The van der Waals surface area contributed by atoms with E-state index in [0.29, 0.717) is 26.1 Å². The first-order valence-electron chi connectivity index (χ1n) is 6.38. The zero-order valence-electron chi connectivity index (χ0n) is 11.4. The molecule has 2 N–H and O–H groups in total. The van der Waals surface area contributed by atoms with Crippen LogP contribution in [0.15, 0.2) is 28.7 Å². The molecule has 106 valence electrons. The highest BCUT2D eigenvalue weighted by molar-refractivity contribution is 9.10. The molecule has 0 radical (unpaired) electrons. The molecule has 0 aliphatic carbocycles. The lowest BCUT2D eigenvalue weighted by Gasteiger charge is -2.14. The van der Waals surface area contributed by atoms with Crippen LogP contribution in [0.1, 0.15) is 24.9 Å². The average molecular weight is 329 g/mol. The molecular formula is C14H21BrN2O2. The summed E-state index contributed by atoms with van der Waals surface area (Å²) in [5, 5.41) is 6.13. The van der Waals surface area contributed by atoms with Gasteiger partial charge in [0.05, 0.1) is 6.61 Å². The zero-order chi connectivity index (χ0) is 14.1. The number of methoxy groups -OCH3 is 1. The summed E-state index contributed by atoms with van der Waals surface area (Å²) in [6.45, 7) is 3.87. The average Bonchev–Trinajstić information content (AvgIpc) is 2.39. The number of nitrogens with one attached hydrogen (secondary N) is 2. The SMILES string of the molecule is COCCNC(=O)CCNC(C)c1ccc(Br)cc1. The van der Waals surface area contributed by atoms with E-state index in [1.165, 1.54) is 5.56 Å². The third-order valence-electron chi connectivity index (χ3n) is 2.80. The summed E-state index contributed by atoms with van der Waals surface area (Å²) in [4.78, 5) is 11.5. The molecule has 0 aliphatic heterocycles. The van der Waals surface area contributed by atoms with E-state index in [-0.39, 0.29) is 11.9 Å². The highest BCUT2D eigenvalue weighted by atomic mass is 79.9. The molecule has 0 aromatic heterocycles. The summed E-state index contributed by atoms with van der Waals surface area (Å²) in [5.41, 5.74) is 1.21. The summed E-state index contributed by atoms with van der Waals surface area (Å²) < 4.78 is 5.94. The molecule has 0 heterocycles. The van der Waals surface area contributed by atoms with Gasteiger partial charge in [-0.15, -0.1) is 0 Å². The Bertz CT molecular complexity index is 382. The molecule has 0 spiro atoms. The lowest BCUT2D eigenvalue weighted by atomic mass is 10.1. The van der Waals surface area contributed by atoms with Crippen LogP contribution in [0.2, 0.25) is 0 Å². The first-order valence-corrected chi connectivity index (χ1v) is 7.17. The Hall–Kier alpha value is -0.910. The fourth-order valence-corrected chi connectivity index (χ4v) is 1.92. The van der Waals surface area contributed by atoms with Gasteiger partial charge in [-0.1, -0.05) is 28.1 Å². The monoisotopic (exact) mass is 328 g/mol. The maximum absolute atomic E-state index is 11.5. The van der Waals surface area contributed by atoms with Crippen molar-refractivity contribution >= 4 is 21.8 Å². The smallest absolute Gasteiger partial charge is 0.221 e. The third-order valence-corrected chi connectivity index (χ3v) is 3.33. The summed E-state index contributed by atoms with van der Waals surface area (Å²) in [5.74, 6) is 0.0487. The van der Waals surface area contributed by atoms with E-state index in [2.05, 4.69) is 45.6 Å². The molecule has 1 aromatic rings.